The minimum Gasteiger partial charge on any atom is -0.367 e. The predicted molar refractivity (Wildman–Crippen MR) is 53.5 cm³/mol. The molecule has 0 spiro atoms. The first-order valence-corrected chi connectivity index (χ1v) is 4.88. The molecule has 1 aliphatic rings. The van der Waals surface area contributed by atoms with Gasteiger partial charge < -0.3 is 5.32 Å². The highest BCUT2D eigenvalue weighted by Crippen LogP contribution is 2.30. The van der Waals surface area contributed by atoms with Gasteiger partial charge in [-0.25, -0.2) is 4.98 Å². The van der Waals surface area contributed by atoms with Crippen molar-refractivity contribution < 1.29 is 0 Å². The van der Waals surface area contributed by atoms with E-state index in [1.54, 1.807) is 0 Å². The summed E-state index contributed by atoms with van der Waals surface area (Å²) in [4.78, 5) is 4.31. The standard InChI is InChI=1S/C9H11BrN2/c1-5-3-7-6(2)8(10)4-11-9(7)12-5/h4-5H,3H2,1-2H3,(H,11,12). The van der Waals surface area contributed by atoms with E-state index < -0.39 is 0 Å². The maximum atomic E-state index is 4.31. The molecule has 1 unspecified atom stereocenters. The molecule has 2 rings (SSSR count). The normalized spacial score (nSPS) is 20.4. The summed E-state index contributed by atoms with van der Waals surface area (Å²) in [5.74, 6) is 1.06. The molecule has 0 bridgehead atoms. The summed E-state index contributed by atoms with van der Waals surface area (Å²) < 4.78 is 1.11. The number of hydrogen-bond donors (Lipinski definition) is 1. The molecular weight excluding hydrogens is 216 g/mol. The first-order valence-electron chi connectivity index (χ1n) is 4.09. The number of halogens is 1. The van der Waals surface area contributed by atoms with Gasteiger partial charge in [-0.15, -0.1) is 0 Å². The van der Waals surface area contributed by atoms with E-state index in [0.717, 1.165) is 16.7 Å². The van der Waals surface area contributed by atoms with Crippen LogP contribution in [0.25, 0.3) is 0 Å². The van der Waals surface area contributed by atoms with Gasteiger partial charge in [0.2, 0.25) is 0 Å². The topological polar surface area (TPSA) is 24.9 Å². The second kappa shape index (κ2) is 2.73. The second-order valence-corrected chi connectivity index (χ2v) is 4.16. The molecular formula is C9H11BrN2. The third-order valence-electron chi connectivity index (χ3n) is 2.30. The summed E-state index contributed by atoms with van der Waals surface area (Å²) in [5, 5.41) is 3.33. The quantitative estimate of drug-likeness (QED) is 0.736. The second-order valence-electron chi connectivity index (χ2n) is 3.31. The molecule has 0 saturated heterocycles. The van der Waals surface area contributed by atoms with Crippen molar-refractivity contribution in [1.29, 1.82) is 0 Å². The zero-order valence-electron chi connectivity index (χ0n) is 7.19. The van der Waals surface area contributed by atoms with Crippen molar-refractivity contribution in [3.05, 3.63) is 21.8 Å². The van der Waals surface area contributed by atoms with Crippen LogP contribution in [0.5, 0.6) is 0 Å². The van der Waals surface area contributed by atoms with E-state index in [1.165, 1.54) is 11.1 Å². The zero-order valence-corrected chi connectivity index (χ0v) is 8.77. The number of nitrogens with zero attached hydrogens (tertiary/aromatic N) is 1. The van der Waals surface area contributed by atoms with E-state index in [-0.39, 0.29) is 0 Å². The van der Waals surface area contributed by atoms with Crippen molar-refractivity contribution in [2.24, 2.45) is 0 Å². The molecule has 0 amide bonds. The zero-order chi connectivity index (χ0) is 8.72. The number of rotatable bonds is 0. The van der Waals surface area contributed by atoms with E-state index in [1.807, 2.05) is 6.20 Å². The molecule has 1 N–H and O–H groups in total. The van der Waals surface area contributed by atoms with Crippen molar-refractivity contribution in [3.8, 4) is 0 Å². The number of aromatic nitrogens is 1. The lowest BCUT2D eigenvalue weighted by molar-refractivity contribution is 0.835. The Hall–Kier alpha value is -0.570. The van der Waals surface area contributed by atoms with E-state index in [9.17, 15) is 0 Å². The lowest BCUT2D eigenvalue weighted by atomic mass is 10.1. The molecule has 0 aromatic carbocycles. The van der Waals surface area contributed by atoms with Gasteiger partial charge >= 0.3 is 0 Å². The van der Waals surface area contributed by atoms with Gasteiger partial charge in [0.1, 0.15) is 5.82 Å². The van der Waals surface area contributed by atoms with E-state index in [2.05, 4.69) is 40.1 Å². The Bertz CT molecular complexity index is 323. The van der Waals surface area contributed by atoms with Crippen LogP contribution >= 0.6 is 15.9 Å². The molecule has 1 aliphatic heterocycles. The molecule has 2 heterocycles. The summed E-state index contributed by atoms with van der Waals surface area (Å²) in [6, 6.07) is 0.528. The Morgan fingerprint density at radius 3 is 3.17 bits per heavy atom. The highest BCUT2D eigenvalue weighted by atomic mass is 79.9. The Kier molecular flexibility index (Phi) is 1.83. The SMILES string of the molecule is Cc1c(Br)cnc2c1CC(C)N2. The third kappa shape index (κ3) is 1.12. The molecule has 1 atom stereocenters. The maximum absolute atomic E-state index is 4.31. The van der Waals surface area contributed by atoms with E-state index in [4.69, 9.17) is 0 Å². The van der Waals surface area contributed by atoms with Crippen molar-refractivity contribution >= 4 is 21.7 Å². The van der Waals surface area contributed by atoms with Gasteiger partial charge in [0, 0.05) is 22.3 Å². The van der Waals surface area contributed by atoms with Crippen molar-refractivity contribution in [2.75, 3.05) is 5.32 Å². The Labute approximate surface area is 80.5 Å². The number of anilines is 1. The Morgan fingerprint density at radius 2 is 2.42 bits per heavy atom. The molecule has 2 nitrogen and oxygen atoms in total. The van der Waals surface area contributed by atoms with Crippen molar-refractivity contribution in [1.82, 2.24) is 4.98 Å². The summed E-state index contributed by atoms with van der Waals surface area (Å²) in [5.41, 5.74) is 2.67. The van der Waals surface area contributed by atoms with E-state index in [0.29, 0.717) is 6.04 Å². The van der Waals surface area contributed by atoms with Gasteiger partial charge in [-0.1, -0.05) is 0 Å². The third-order valence-corrected chi connectivity index (χ3v) is 3.10. The molecule has 1 aromatic heterocycles. The van der Waals surface area contributed by atoms with Crippen molar-refractivity contribution in [3.63, 3.8) is 0 Å². The fraction of sp³-hybridized carbons (Fsp3) is 0.444. The van der Waals surface area contributed by atoms with Crippen LogP contribution in [-0.2, 0) is 6.42 Å². The summed E-state index contributed by atoms with van der Waals surface area (Å²) in [6.07, 6.45) is 2.95. The van der Waals surface area contributed by atoms with Gasteiger partial charge in [-0.05, 0) is 41.8 Å². The van der Waals surface area contributed by atoms with Gasteiger partial charge in [-0.2, -0.15) is 0 Å². The summed E-state index contributed by atoms with van der Waals surface area (Å²) >= 11 is 3.48. The number of fused-ring (bicyclic) bond motifs is 1. The molecule has 0 aliphatic carbocycles. The minimum absolute atomic E-state index is 0.528. The number of hydrogen-bond acceptors (Lipinski definition) is 2. The van der Waals surface area contributed by atoms with E-state index >= 15 is 0 Å². The molecule has 64 valence electrons. The van der Waals surface area contributed by atoms with Crippen molar-refractivity contribution in [2.45, 2.75) is 26.3 Å². The lowest BCUT2D eigenvalue weighted by Gasteiger charge is -2.03. The highest BCUT2D eigenvalue weighted by Gasteiger charge is 2.20. The number of pyridine rings is 1. The molecule has 12 heavy (non-hydrogen) atoms. The molecule has 3 heteroatoms. The van der Waals surface area contributed by atoms with Gasteiger partial charge in [0.25, 0.3) is 0 Å². The van der Waals surface area contributed by atoms with Crippen LogP contribution in [0.1, 0.15) is 18.1 Å². The predicted octanol–water partition coefficient (Wildman–Crippen LogP) is 2.51. The molecule has 0 radical (unpaired) electrons. The Morgan fingerprint density at radius 1 is 1.67 bits per heavy atom. The Balaban J connectivity index is 2.54. The highest BCUT2D eigenvalue weighted by molar-refractivity contribution is 9.10. The smallest absolute Gasteiger partial charge is 0.129 e. The molecule has 0 fully saturated rings. The van der Waals surface area contributed by atoms with Gasteiger partial charge in [0.15, 0.2) is 0 Å². The maximum Gasteiger partial charge on any atom is 0.129 e. The minimum atomic E-state index is 0.528. The van der Waals surface area contributed by atoms with Crippen LogP contribution in [0.3, 0.4) is 0 Å². The molecule has 0 saturated carbocycles. The summed E-state index contributed by atoms with van der Waals surface area (Å²) in [6.45, 7) is 4.30. The van der Waals surface area contributed by atoms with Crippen LogP contribution in [-0.4, -0.2) is 11.0 Å². The van der Waals surface area contributed by atoms with Crippen LogP contribution in [0, 0.1) is 6.92 Å². The fourth-order valence-electron chi connectivity index (χ4n) is 1.58. The first-order chi connectivity index (χ1) is 5.68. The van der Waals surface area contributed by atoms with Crippen LogP contribution < -0.4 is 5.32 Å². The fourth-order valence-corrected chi connectivity index (χ4v) is 1.92. The van der Waals surface area contributed by atoms with Crippen LogP contribution in [0.15, 0.2) is 10.7 Å². The van der Waals surface area contributed by atoms with Gasteiger partial charge in [-0.3, -0.25) is 0 Å². The lowest BCUT2D eigenvalue weighted by Crippen LogP contribution is -2.08. The monoisotopic (exact) mass is 226 g/mol. The van der Waals surface area contributed by atoms with Gasteiger partial charge in [0.05, 0.1) is 0 Å². The summed E-state index contributed by atoms with van der Waals surface area (Å²) in [7, 11) is 0. The van der Waals surface area contributed by atoms with Crippen LogP contribution in [0.4, 0.5) is 5.82 Å². The van der Waals surface area contributed by atoms with Crippen LogP contribution in [0.2, 0.25) is 0 Å². The average Bonchev–Trinajstić information content (AvgIpc) is 2.39. The number of nitrogens with one attached hydrogen (secondary N) is 1. The largest absolute Gasteiger partial charge is 0.367 e. The first kappa shape index (κ1) is 8.05. The average molecular weight is 227 g/mol. The molecule has 1 aromatic rings.